The molecule has 0 spiro atoms. The zero-order chi connectivity index (χ0) is 17.6. The van der Waals surface area contributed by atoms with Crippen molar-refractivity contribution in [2.75, 3.05) is 23.3 Å². The highest BCUT2D eigenvalue weighted by atomic mass is 16.5. The number of hydrogen-bond donors (Lipinski definition) is 2. The van der Waals surface area contributed by atoms with Crippen molar-refractivity contribution in [3.63, 3.8) is 0 Å². The lowest BCUT2D eigenvalue weighted by Crippen LogP contribution is -2.45. The number of nitrogens with one attached hydrogen (secondary N) is 2. The van der Waals surface area contributed by atoms with Gasteiger partial charge in [0.15, 0.2) is 0 Å². The second kappa shape index (κ2) is 7.98. The first-order chi connectivity index (χ1) is 12.1. The van der Waals surface area contributed by atoms with Gasteiger partial charge in [0.2, 0.25) is 0 Å². The fourth-order valence-corrected chi connectivity index (χ4v) is 3.07. The minimum atomic E-state index is -0.243. The van der Waals surface area contributed by atoms with Crippen LogP contribution in [-0.2, 0) is 11.3 Å². The maximum absolute atomic E-state index is 12.3. The SMILES string of the molecule is C[C@@H]1CN(c2ccccc2NC(=O)NCc2ccccn2)C[C@@H](C)O1. The first kappa shape index (κ1) is 17.2. The number of aromatic nitrogens is 1. The molecular formula is C19H24N4O2. The molecule has 2 heterocycles. The van der Waals surface area contributed by atoms with Gasteiger partial charge in [-0.25, -0.2) is 4.79 Å². The van der Waals surface area contributed by atoms with Crippen LogP contribution in [0.2, 0.25) is 0 Å². The zero-order valence-corrected chi connectivity index (χ0v) is 14.6. The lowest BCUT2D eigenvalue weighted by Gasteiger charge is -2.37. The Morgan fingerprint density at radius 3 is 2.60 bits per heavy atom. The minimum Gasteiger partial charge on any atom is -0.372 e. The average molecular weight is 340 g/mol. The molecule has 1 aliphatic heterocycles. The molecular weight excluding hydrogens is 316 g/mol. The Bertz CT molecular complexity index is 698. The average Bonchev–Trinajstić information content (AvgIpc) is 2.60. The monoisotopic (exact) mass is 340 g/mol. The molecule has 2 atom stereocenters. The lowest BCUT2D eigenvalue weighted by atomic mass is 10.1. The van der Waals surface area contributed by atoms with Crippen LogP contribution in [0.25, 0.3) is 0 Å². The first-order valence-electron chi connectivity index (χ1n) is 8.56. The number of hydrogen-bond acceptors (Lipinski definition) is 4. The summed E-state index contributed by atoms with van der Waals surface area (Å²) in [6.07, 6.45) is 2.04. The number of anilines is 2. The van der Waals surface area contributed by atoms with Crippen molar-refractivity contribution in [3.8, 4) is 0 Å². The molecule has 1 fully saturated rings. The molecule has 0 unspecified atom stereocenters. The molecule has 0 bridgehead atoms. The molecule has 6 nitrogen and oxygen atoms in total. The van der Waals surface area contributed by atoms with E-state index in [1.807, 2.05) is 42.5 Å². The van der Waals surface area contributed by atoms with Crippen LogP contribution in [0.5, 0.6) is 0 Å². The summed E-state index contributed by atoms with van der Waals surface area (Å²) in [7, 11) is 0. The molecule has 1 aromatic carbocycles. The highest BCUT2D eigenvalue weighted by molar-refractivity contribution is 5.93. The minimum absolute atomic E-state index is 0.162. The molecule has 132 valence electrons. The summed E-state index contributed by atoms with van der Waals surface area (Å²) in [5.74, 6) is 0. The molecule has 2 aromatic rings. The molecule has 1 aliphatic rings. The van der Waals surface area contributed by atoms with Crippen LogP contribution in [-0.4, -0.2) is 36.3 Å². The summed E-state index contributed by atoms with van der Waals surface area (Å²) in [5.41, 5.74) is 2.63. The van der Waals surface area contributed by atoms with E-state index in [2.05, 4.69) is 34.4 Å². The molecule has 25 heavy (non-hydrogen) atoms. The highest BCUT2D eigenvalue weighted by Gasteiger charge is 2.24. The van der Waals surface area contributed by atoms with Crippen LogP contribution in [0.4, 0.5) is 16.2 Å². The predicted octanol–water partition coefficient (Wildman–Crippen LogP) is 3.02. The van der Waals surface area contributed by atoms with Crippen LogP contribution < -0.4 is 15.5 Å². The van der Waals surface area contributed by atoms with Gasteiger partial charge in [-0.2, -0.15) is 0 Å². The highest BCUT2D eigenvalue weighted by Crippen LogP contribution is 2.28. The van der Waals surface area contributed by atoms with Crippen LogP contribution in [0.15, 0.2) is 48.7 Å². The number of amides is 2. The standard InChI is InChI=1S/C19H24N4O2/c1-14-12-23(13-15(2)25-14)18-9-4-3-8-17(18)22-19(24)21-11-16-7-5-6-10-20-16/h3-10,14-15H,11-13H2,1-2H3,(H2,21,22,24)/t14-,15-/m1/s1. The smallest absolute Gasteiger partial charge is 0.319 e. The van der Waals surface area contributed by atoms with Crippen LogP contribution in [0, 0.1) is 0 Å². The number of carbonyl (C=O) groups excluding carboxylic acids is 1. The molecule has 2 amide bonds. The van der Waals surface area contributed by atoms with Gasteiger partial charge >= 0.3 is 6.03 Å². The van der Waals surface area contributed by atoms with Gasteiger partial charge in [-0.1, -0.05) is 18.2 Å². The number of pyridine rings is 1. The zero-order valence-electron chi connectivity index (χ0n) is 14.6. The van der Waals surface area contributed by atoms with E-state index >= 15 is 0 Å². The van der Waals surface area contributed by atoms with Crippen molar-refractivity contribution in [2.45, 2.75) is 32.6 Å². The second-order valence-corrected chi connectivity index (χ2v) is 6.31. The third-order valence-corrected chi connectivity index (χ3v) is 4.07. The van der Waals surface area contributed by atoms with Gasteiger partial charge in [0.25, 0.3) is 0 Å². The van der Waals surface area contributed by atoms with Gasteiger partial charge < -0.3 is 20.3 Å². The van der Waals surface area contributed by atoms with Gasteiger partial charge in [0.1, 0.15) is 0 Å². The molecule has 1 saturated heterocycles. The first-order valence-corrected chi connectivity index (χ1v) is 8.56. The number of ether oxygens (including phenoxy) is 1. The second-order valence-electron chi connectivity index (χ2n) is 6.31. The number of para-hydroxylation sites is 2. The summed E-state index contributed by atoms with van der Waals surface area (Å²) in [6.45, 7) is 6.13. The summed E-state index contributed by atoms with van der Waals surface area (Å²) in [5, 5.41) is 5.79. The Labute approximate surface area is 148 Å². The van der Waals surface area contributed by atoms with E-state index in [9.17, 15) is 4.79 Å². The van der Waals surface area contributed by atoms with E-state index in [-0.39, 0.29) is 18.2 Å². The molecule has 3 rings (SSSR count). The summed E-state index contributed by atoms with van der Waals surface area (Å²) < 4.78 is 5.80. The quantitative estimate of drug-likeness (QED) is 0.898. The van der Waals surface area contributed by atoms with Crippen molar-refractivity contribution >= 4 is 17.4 Å². The number of morpholine rings is 1. The van der Waals surface area contributed by atoms with E-state index in [0.29, 0.717) is 6.54 Å². The third-order valence-electron chi connectivity index (χ3n) is 4.07. The van der Waals surface area contributed by atoms with E-state index < -0.39 is 0 Å². The normalized spacial score (nSPS) is 20.2. The number of nitrogens with zero attached hydrogens (tertiary/aromatic N) is 2. The molecule has 0 saturated carbocycles. The maximum Gasteiger partial charge on any atom is 0.319 e. The molecule has 2 N–H and O–H groups in total. The molecule has 6 heteroatoms. The maximum atomic E-state index is 12.3. The third kappa shape index (κ3) is 4.70. The van der Waals surface area contributed by atoms with E-state index in [1.165, 1.54) is 0 Å². The number of urea groups is 1. The summed E-state index contributed by atoms with van der Waals surface area (Å²) in [6, 6.07) is 13.2. The lowest BCUT2D eigenvalue weighted by molar-refractivity contribution is -0.00517. The summed E-state index contributed by atoms with van der Waals surface area (Å²) >= 11 is 0. The van der Waals surface area contributed by atoms with Gasteiger partial charge in [-0.15, -0.1) is 0 Å². The molecule has 0 aliphatic carbocycles. The van der Waals surface area contributed by atoms with Crippen LogP contribution >= 0.6 is 0 Å². The van der Waals surface area contributed by atoms with Crippen molar-refractivity contribution in [1.82, 2.24) is 10.3 Å². The Kier molecular flexibility index (Phi) is 5.50. The van der Waals surface area contributed by atoms with Crippen molar-refractivity contribution in [1.29, 1.82) is 0 Å². The topological polar surface area (TPSA) is 66.5 Å². The predicted molar refractivity (Wildman–Crippen MR) is 98.8 cm³/mol. The Morgan fingerprint density at radius 1 is 1.16 bits per heavy atom. The molecule has 1 aromatic heterocycles. The van der Waals surface area contributed by atoms with Crippen molar-refractivity contribution in [2.24, 2.45) is 0 Å². The van der Waals surface area contributed by atoms with Crippen molar-refractivity contribution in [3.05, 3.63) is 54.4 Å². The number of benzene rings is 1. The van der Waals surface area contributed by atoms with E-state index in [1.54, 1.807) is 6.20 Å². The number of carbonyl (C=O) groups is 1. The number of rotatable bonds is 4. The Balaban J connectivity index is 1.65. The Hall–Kier alpha value is -2.60. The Morgan fingerprint density at radius 2 is 1.88 bits per heavy atom. The van der Waals surface area contributed by atoms with Crippen LogP contribution in [0.3, 0.4) is 0 Å². The van der Waals surface area contributed by atoms with E-state index in [4.69, 9.17) is 4.74 Å². The largest absolute Gasteiger partial charge is 0.372 e. The van der Waals surface area contributed by atoms with Gasteiger partial charge in [-0.3, -0.25) is 4.98 Å². The summed E-state index contributed by atoms with van der Waals surface area (Å²) in [4.78, 5) is 18.7. The van der Waals surface area contributed by atoms with Gasteiger partial charge in [-0.05, 0) is 38.1 Å². The van der Waals surface area contributed by atoms with Gasteiger partial charge in [0, 0.05) is 19.3 Å². The van der Waals surface area contributed by atoms with E-state index in [0.717, 1.165) is 30.2 Å². The van der Waals surface area contributed by atoms with Crippen LogP contribution in [0.1, 0.15) is 19.5 Å². The molecule has 0 radical (unpaired) electrons. The fraction of sp³-hybridized carbons (Fsp3) is 0.368. The van der Waals surface area contributed by atoms with Crippen molar-refractivity contribution < 1.29 is 9.53 Å². The van der Waals surface area contributed by atoms with Gasteiger partial charge in [0.05, 0.1) is 35.8 Å². The fourth-order valence-electron chi connectivity index (χ4n) is 3.07.